The molecule has 0 atom stereocenters. The van der Waals surface area contributed by atoms with Crippen molar-refractivity contribution in [1.29, 1.82) is 0 Å². The van der Waals surface area contributed by atoms with Crippen LogP contribution in [0.5, 0.6) is 11.6 Å². The number of rotatable bonds is 6. The molecule has 32 heavy (non-hydrogen) atoms. The van der Waals surface area contributed by atoms with Crippen LogP contribution < -0.4 is 15.4 Å². The highest BCUT2D eigenvalue weighted by molar-refractivity contribution is 5.78. The molecule has 158 valence electrons. The summed E-state index contributed by atoms with van der Waals surface area (Å²) in [7, 11) is 1.76. The van der Waals surface area contributed by atoms with Crippen LogP contribution in [0.3, 0.4) is 0 Å². The number of anilines is 3. The molecule has 0 aliphatic heterocycles. The van der Waals surface area contributed by atoms with Gasteiger partial charge in [-0.2, -0.15) is 0 Å². The minimum Gasteiger partial charge on any atom is -0.438 e. The van der Waals surface area contributed by atoms with Gasteiger partial charge in [-0.25, -0.2) is 24.3 Å². The molecule has 9 heteroatoms. The van der Waals surface area contributed by atoms with Crippen molar-refractivity contribution in [2.75, 3.05) is 17.7 Å². The quantitative estimate of drug-likeness (QED) is 0.345. The molecule has 0 radical (unpaired) electrons. The molecule has 5 aromatic rings. The summed E-state index contributed by atoms with van der Waals surface area (Å²) >= 11 is 0. The number of nitrogens with zero attached hydrogens (tertiary/aromatic N) is 4. The first-order chi connectivity index (χ1) is 15.7. The Hall–Kier alpha value is -4.53. The van der Waals surface area contributed by atoms with Gasteiger partial charge in [0.15, 0.2) is 0 Å². The van der Waals surface area contributed by atoms with Gasteiger partial charge in [-0.05, 0) is 54.6 Å². The molecule has 0 spiro atoms. The third kappa shape index (κ3) is 4.04. The monoisotopic (exact) mass is 427 g/mol. The van der Waals surface area contributed by atoms with Crippen molar-refractivity contribution in [3.63, 3.8) is 0 Å². The summed E-state index contributed by atoms with van der Waals surface area (Å²) < 4.78 is 19.4. The topological polar surface area (TPSA) is 101 Å². The summed E-state index contributed by atoms with van der Waals surface area (Å²) in [5, 5.41) is 6.10. The molecule has 0 saturated carbocycles. The summed E-state index contributed by atoms with van der Waals surface area (Å²) in [6, 6.07) is 17.3. The smallest absolute Gasteiger partial charge is 0.228 e. The van der Waals surface area contributed by atoms with E-state index in [4.69, 9.17) is 4.74 Å². The first-order valence-electron chi connectivity index (χ1n) is 9.84. The number of halogens is 1. The number of nitrogens with one attached hydrogen (secondary N) is 3. The fraction of sp³-hybridized carbons (Fsp3) is 0.0435. The zero-order valence-electron chi connectivity index (χ0n) is 17.0. The molecule has 2 aromatic carbocycles. The van der Waals surface area contributed by atoms with Crippen LogP contribution in [0.1, 0.15) is 0 Å². The van der Waals surface area contributed by atoms with Crippen LogP contribution in [0.15, 0.2) is 73.1 Å². The van der Waals surface area contributed by atoms with Crippen molar-refractivity contribution in [2.24, 2.45) is 0 Å². The van der Waals surface area contributed by atoms with Crippen molar-refractivity contribution in [2.45, 2.75) is 0 Å². The van der Waals surface area contributed by atoms with Crippen LogP contribution in [0.4, 0.5) is 22.0 Å². The van der Waals surface area contributed by atoms with Gasteiger partial charge in [-0.3, -0.25) is 0 Å². The molecule has 0 bridgehead atoms. The second kappa shape index (κ2) is 8.31. The van der Waals surface area contributed by atoms with Gasteiger partial charge in [0.05, 0.1) is 22.3 Å². The Morgan fingerprint density at radius 1 is 0.938 bits per heavy atom. The summed E-state index contributed by atoms with van der Waals surface area (Å²) in [6.07, 6.45) is 3.34. The molecule has 0 aliphatic carbocycles. The zero-order valence-corrected chi connectivity index (χ0v) is 17.0. The number of benzene rings is 2. The number of H-pyrrole nitrogens is 1. The van der Waals surface area contributed by atoms with Gasteiger partial charge in [-0.1, -0.05) is 0 Å². The molecule has 3 heterocycles. The van der Waals surface area contributed by atoms with E-state index in [0.29, 0.717) is 34.7 Å². The van der Waals surface area contributed by atoms with Crippen LogP contribution in [0.2, 0.25) is 0 Å². The van der Waals surface area contributed by atoms with E-state index in [1.165, 1.54) is 12.1 Å². The van der Waals surface area contributed by atoms with E-state index in [1.54, 1.807) is 31.6 Å². The largest absolute Gasteiger partial charge is 0.438 e. The Kier molecular flexibility index (Phi) is 5.04. The summed E-state index contributed by atoms with van der Waals surface area (Å²) in [4.78, 5) is 20.4. The van der Waals surface area contributed by atoms with Gasteiger partial charge >= 0.3 is 0 Å². The number of fused-ring (bicyclic) bond motifs is 1. The molecule has 8 nitrogen and oxygen atoms in total. The summed E-state index contributed by atoms with van der Waals surface area (Å²) in [5.74, 6) is 1.77. The van der Waals surface area contributed by atoms with Gasteiger partial charge in [-0.15, -0.1) is 0 Å². The van der Waals surface area contributed by atoms with Crippen molar-refractivity contribution in [3.8, 4) is 22.9 Å². The Balaban J connectivity index is 1.35. The Morgan fingerprint density at radius 2 is 1.81 bits per heavy atom. The van der Waals surface area contributed by atoms with Crippen molar-refractivity contribution in [3.05, 3.63) is 78.9 Å². The molecule has 3 aromatic heterocycles. The average molecular weight is 427 g/mol. The number of pyridine rings is 1. The Bertz CT molecular complexity index is 1390. The van der Waals surface area contributed by atoms with Crippen LogP contribution in [0.25, 0.3) is 22.3 Å². The van der Waals surface area contributed by atoms with E-state index in [-0.39, 0.29) is 5.82 Å². The highest BCUT2D eigenvalue weighted by Gasteiger charge is 2.11. The van der Waals surface area contributed by atoms with Gasteiger partial charge < -0.3 is 20.4 Å². The predicted octanol–water partition coefficient (Wildman–Crippen LogP) is 5.13. The minimum absolute atomic E-state index is 0.324. The maximum Gasteiger partial charge on any atom is 0.228 e. The summed E-state index contributed by atoms with van der Waals surface area (Å²) in [5.41, 5.74) is 3.56. The Morgan fingerprint density at radius 3 is 2.66 bits per heavy atom. The van der Waals surface area contributed by atoms with E-state index in [0.717, 1.165) is 16.8 Å². The lowest BCUT2D eigenvalue weighted by Gasteiger charge is -2.11. The normalized spacial score (nSPS) is 10.8. The molecule has 0 aliphatic rings. The van der Waals surface area contributed by atoms with E-state index < -0.39 is 0 Å². The second-order valence-electron chi connectivity index (χ2n) is 6.87. The highest BCUT2D eigenvalue weighted by atomic mass is 19.1. The van der Waals surface area contributed by atoms with Crippen molar-refractivity contribution < 1.29 is 9.13 Å². The minimum atomic E-state index is -0.324. The van der Waals surface area contributed by atoms with Gasteiger partial charge in [0, 0.05) is 31.2 Å². The van der Waals surface area contributed by atoms with Crippen LogP contribution in [0, 0.1) is 5.82 Å². The van der Waals surface area contributed by atoms with Crippen LogP contribution in [-0.4, -0.2) is 32.0 Å². The van der Waals surface area contributed by atoms with Crippen LogP contribution >= 0.6 is 0 Å². The standard InChI is InChI=1S/C23H18FN7O/c1-25-22-27-12-10-18(29-22)17-3-2-11-26-21(17)32-16-7-5-15(6-8-16)28-23-30-19-9-4-14(24)13-20(19)31-23/h2-13H,1H3,(H,25,27,29)(H2,28,30,31). The fourth-order valence-electron chi connectivity index (χ4n) is 3.19. The number of ether oxygens (including phenoxy) is 1. The lowest BCUT2D eigenvalue weighted by atomic mass is 10.2. The number of hydrogen-bond acceptors (Lipinski definition) is 7. The first kappa shape index (κ1) is 19.4. The second-order valence-corrected chi connectivity index (χ2v) is 6.87. The molecular formula is C23H18FN7O. The highest BCUT2D eigenvalue weighted by Crippen LogP contribution is 2.31. The fourth-order valence-corrected chi connectivity index (χ4v) is 3.19. The first-order valence-corrected chi connectivity index (χ1v) is 9.84. The predicted molar refractivity (Wildman–Crippen MR) is 121 cm³/mol. The van der Waals surface area contributed by atoms with E-state index in [1.807, 2.05) is 36.4 Å². The molecule has 0 saturated heterocycles. The summed E-state index contributed by atoms with van der Waals surface area (Å²) in [6.45, 7) is 0. The third-order valence-electron chi connectivity index (χ3n) is 4.70. The number of imidazole rings is 1. The van der Waals surface area contributed by atoms with E-state index in [9.17, 15) is 4.39 Å². The zero-order chi connectivity index (χ0) is 21.9. The lowest BCUT2D eigenvalue weighted by molar-refractivity contribution is 0.465. The molecule has 0 unspecified atom stereocenters. The van der Waals surface area contributed by atoms with Crippen LogP contribution in [-0.2, 0) is 0 Å². The van der Waals surface area contributed by atoms with E-state index in [2.05, 4.69) is 35.6 Å². The lowest BCUT2D eigenvalue weighted by Crippen LogP contribution is -1.98. The molecule has 3 N–H and O–H groups in total. The number of aromatic nitrogens is 5. The maximum absolute atomic E-state index is 13.4. The van der Waals surface area contributed by atoms with Gasteiger partial charge in [0.2, 0.25) is 17.8 Å². The molecule has 0 fully saturated rings. The van der Waals surface area contributed by atoms with E-state index >= 15 is 0 Å². The average Bonchev–Trinajstić information content (AvgIpc) is 3.22. The maximum atomic E-state index is 13.4. The molecule has 5 rings (SSSR count). The van der Waals surface area contributed by atoms with Crippen molar-refractivity contribution >= 4 is 28.6 Å². The molecular weight excluding hydrogens is 409 g/mol. The van der Waals surface area contributed by atoms with Crippen molar-refractivity contribution in [1.82, 2.24) is 24.9 Å². The SMILES string of the molecule is CNc1nccc(-c2cccnc2Oc2ccc(Nc3nc4cc(F)ccc4[nH]3)cc2)n1. The van der Waals surface area contributed by atoms with Gasteiger partial charge in [0.1, 0.15) is 11.6 Å². The molecule has 0 amide bonds. The van der Waals surface area contributed by atoms with Gasteiger partial charge in [0.25, 0.3) is 0 Å². The number of aromatic amines is 1. The third-order valence-corrected chi connectivity index (χ3v) is 4.70. The number of hydrogen-bond donors (Lipinski definition) is 3. The Labute approximate surface area is 182 Å².